The summed E-state index contributed by atoms with van der Waals surface area (Å²) < 4.78 is 11.4. The highest BCUT2D eigenvalue weighted by atomic mass is 16.5. The fourth-order valence-electron chi connectivity index (χ4n) is 2.60. The lowest BCUT2D eigenvalue weighted by Gasteiger charge is -2.14. The van der Waals surface area contributed by atoms with Gasteiger partial charge in [-0.25, -0.2) is 0 Å². The summed E-state index contributed by atoms with van der Waals surface area (Å²) in [6, 6.07) is 18.6. The van der Waals surface area contributed by atoms with Crippen molar-refractivity contribution in [3.63, 3.8) is 0 Å². The van der Waals surface area contributed by atoms with E-state index in [1.54, 1.807) is 6.07 Å². The molecule has 0 bridgehead atoms. The molecule has 0 aliphatic heterocycles. The molecule has 0 saturated carbocycles. The molecule has 0 aromatic heterocycles. The second-order valence-electron chi connectivity index (χ2n) is 5.31. The number of hydrogen-bond acceptors (Lipinski definition) is 4. The van der Waals surface area contributed by atoms with E-state index in [1.165, 1.54) is 12.1 Å². The molecule has 4 nitrogen and oxygen atoms in total. The van der Waals surface area contributed by atoms with E-state index in [0.29, 0.717) is 24.7 Å². The first-order chi connectivity index (χ1) is 11.7. The smallest absolute Gasteiger partial charge is 0.161 e. The molecule has 0 fully saturated rings. The molecule has 0 saturated heterocycles. The van der Waals surface area contributed by atoms with E-state index in [-0.39, 0.29) is 5.56 Å². The van der Waals surface area contributed by atoms with E-state index < -0.39 is 5.97 Å². The molecule has 122 valence electrons. The van der Waals surface area contributed by atoms with E-state index in [9.17, 15) is 9.90 Å². The van der Waals surface area contributed by atoms with Crippen molar-refractivity contribution in [3.8, 4) is 11.5 Å². The minimum absolute atomic E-state index is 0.0657. The van der Waals surface area contributed by atoms with E-state index in [0.717, 1.165) is 16.3 Å². The monoisotopic (exact) mass is 321 g/mol. The van der Waals surface area contributed by atoms with Crippen molar-refractivity contribution in [2.75, 3.05) is 6.61 Å². The van der Waals surface area contributed by atoms with Gasteiger partial charge >= 0.3 is 0 Å². The number of carbonyl (C=O) groups is 1. The van der Waals surface area contributed by atoms with Crippen molar-refractivity contribution < 1.29 is 19.4 Å². The number of rotatable bonds is 6. The number of carboxylic acids is 1. The maximum absolute atomic E-state index is 11.0. The zero-order chi connectivity index (χ0) is 16.9. The molecular weight excluding hydrogens is 304 g/mol. The van der Waals surface area contributed by atoms with Crippen LogP contribution < -0.4 is 14.6 Å². The predicted molar refractivity (Wildman–Crippen MR) is 90.2 cm³/mol. The molecule has 0 aliphatic rings. The van der Waals surface area contributed by atoms with Gasteiger partial charge in [-0.3, -0.25) is 0 Å². The van der Waals surface area contributed by atoms with Crippen molar-refractivity contribution >= 4 is 16.7 Å². The second kappa shape index (κ2) is 7.04. The van der Waals surface area contributed by atoms with E-state index in [4.69, 9.17) is 9.47 Å². The van der Waals surface area contributed by atoms with Crippen LogP contribution in [-0.2, 0) is 6.61 Å². The Morgan fingerprint density at radius 1 is 0.958 bits per heavy atom. The fourth-order valence-corrected chi connectivity index (χ4v) is 2.60. The second-order valence-corrected chi connectivity index (χ2v) is 5.31. The lowest BCUT2D eigenvalue weighted by atomic mass is 10.1. The molecule has 0 atom stereocenters. The van der Waals surface area contributed by atoms with Crippen molar-refractivity contribution in [3.05, 3.63) is 71.8 Å². The Balaban J connectivity index is 1.86. The molecule has 0 radical (unpaired) electrons. The van der Waals surface area contributed by atoms with E-state index >= 15 is 0 Å². The first kappa shape index (κ1) is 15.9. The van der Waals surface area contributed by atoms with Gasteiger partial charge in [0, 0.05) is 5.56 Å². The van der Waals surface area contributed by atoms with Crippen LogP contribution in [0.15, 0.2) is 60.7 Å². The van der Waals surface area contributed by atoms with Gasteiger partial charge in [-0.2, -0.15) is 0 Å². The maximum Gasteiger partial charge on any atom is 0.161 e. The Hall–Kier alpha value is -3.01. The highest BCUT2D eigenvalue weighted by Crippen LogP contribution is 2.30. The van der Waals surface area contributed by atoms with Gasteiger partial charge in [-0.05, 0) is 41.5 Å². The van der Waals surface area contributed by atoms with Gasteiger partial charge < -0.3 is 19.4 Å². The molecule has 0 N–H and O–H groups in total. The van der Waals surface area contributed by atoms with Gasteiger partial charge in [0.05, 0.1) is 12.6 Å². The quantitative estimate of drug-likeness (QED) is 0.699. The normalized spacial score (nSPS) is 10.5. The summed E-state index contributed by atoms with van der Waals surface area (Å²) in [7, 11) is 0. The summed E-state index contributed by atoms with van der Waals surface area (Å²) in [5, 5.41) is 13.3. The van der Waals surface area contributed by atoms with Gasteiger partial charge in [0.1, 0.15) is 6.61 Å². The molecule has 4 heteroatoms. The van der Waals surface area contributed by atoms with E-state index in [1.807, 2.05) is 31.2 Å². The molecule has 0 unspecified atom stereocenters. The van der Waals surface area contributed by atoms with Gasteiger partial charge in [0.15, 0.2) is 11.5 Å². The van der Waals surface area contributed by atoms with Crippen LogP contribution in [0.4, 0.5) is 0 Å². The minimum Gasteiger partial charge on any atom is -0.545 e. The molecule has 24 heavy (non-hydrogen) atoms. The Morgan fingerprint density at radius 2 is 1.75 bits per heavy atom. The number of ether oxygens (including phenoxy) is 2. The summed E-state index contributed by atoms with van der Waals surface area (Å²) in [5.74, 6) is -0.328. The van der Waals surface area contributed by atoms with Crippen molar-refractivity contribution in [1.29, 1.82) is 0 Å². The van der Waals surface area contributed by atoms with Crippen LogP contribution in [0.25, 0.3) is 10.8 Å². The third-order valence-corrected chi connectivity index (χ3v) is 3.74. The van der Waals surface area contributed by atoms with Gasteiger partial charge in [-0.1, -0.05) is 42.5 Å². The molecule has 0 heterocycles. The van der Waals surface area contributed by atoms with Crippen LogP contribution in [0.5, 0.6) is 11.5 Å². The van der Waals surface area contributed by atoms with Crippen LogP contribution in [0.2, 0.25) is 0 Å². The Labute approximate surface area is 140 Å². The zero-order valence-electron chi connectivity index (χ0n) is 13.3. The number of aromatic carboxylic acids is 1. The van der Waals surface area contributed by atoms with Crippen LogP contribution >= 0.6 is 0 Å². The molecule has 3 aromatic rings. The Kier molecular flexibility index (Phi) is 4.66. The topological polar surface area (TPSA) is 58.6 Å². The summed E-state index contributed by atoms with van der Waals surface area (Å²) in [4.78, 5) is 11.0. The minimum atomic E-state index is -1.24. The largest absolute Gasteiger partial charge is 0.545 e. The predicted octanol–water partition coefficient (Wildman–Crippen LogP) is 3.18. The third-order valence-electron chi connectivity index (χ3n) is 3.74. The highest BCUT2D eigenvalue weighted by molar-refractivity contribution is 5.87. The maximum atomic E-state index is 11.0. The lowest BCUT2D eigenvalue weighted by Crippen LogP contribution is -2.22. The Bertz CT molecular complexity index is 865. The summed E-state index contributed by atoms with van der Waals surface area (Å²) in [6.07, 6.45) is 0. The first-order valence-electron chi connectivity index (χ1n) is 7.76. The lowest BCUT2D eigenvalue weighted by molar-refractivity contribution is -0.255. The number of carbonyl (C=O) groups excluding carboxylic acids is 1. The van der Waals surface area contributed by atoms with Crippen LogP contribution in [-0.4, -0.2) is 12.6 Å². The molecule has 3 rings (SSSR count). The number of carboxylic acid groups (broad SMARTS) is 1. The van der Waals surface area contributed by atoms with Gasteiger partial charge in [-0.15, -0.1) is 0 Å². The molecule has 0 spiro atoms. The average Bonchev–Trinajstić information content (AvgIpc) is 2.60. The van der Waals surface area contributed by atoms with Crippen LogP contribution in [0.3, 0.4) is 0 Å². The average molecular weight is 321 g/mol. The Morgan fingerprint density at radius 3 is 2.54 bits per heavy atom. The number of benzene rings is 3. The standard InChI is InChI=1S/C20H18O4/c1-2-23-19-12-15(20(21)22)10-11-18(19)24-13-16-8-5-7-14-6-3-4-9-17(14)16/h3-12H,2,13H2,1H3,(H,21,22)/p-1. The first-order valence-corrected chi connectivity index (χ1v) is 7.76. The van der Waals surface area contributed by atoms with Gasteiger partial charge in [0.25, 0.3) is 0 Å². The van der Waals surface area contributed by atoms with Crippen LogP contribution in [0, 0.1) is 0 Å². The summed E-state index contributed by atoms with van der Waals surface area (Å²) in [5.41, 5.74) is 1.12. The van der Waals surface area contributed by atoms with Crippen molar-refractivity contribution in [1.82, 2.24) is 0 Å². The van der Waals surface area contributed by atoms with Crippen molar-refractivity contribution in [2.24, 2.45) is 0 Å². The van der Waals surface area contributed by atoms with E-state index in [2.05, 4.69) is 18.2 Å². The molecule has 0 aliphatic carbocycles. The number of hydrogen-bond donors (Lipinski definition) is 0. The highest BCUT2D eigenvalue weighted by Gasteiger charge is 2.08. The summed E-state index contributed by atoms with van der Waals surface area (Å²) >= 11 is 0. The molecular formula is C20H17O4-. The molecule has 3 aromatic carbocycles. The zero-order valence-corrected chi connectivity index (χ0v) is 13.3. The van der Waals surface area contributed by atoms with Gasteiger partial charge in [0.2, 0.25) is 0 Å². The SMILES string of the molecule is CCOc1cc(C(=O)[O-])ccc1OCc1cccc2ccccc12. The summed E-state index contributed by atoms with van der Waals surface area (Å²) in [6.45, 7) is 2.62. The number of fused-ring (bicyclic) bond motifs is 1. The molecule has 0 amide bonds. The third kappa shape index (κ3) is 3.33. The fraction of sp³-hybridized carbons (Fsp3) is 0.150. The van der Waals surface area contributed by atoms with Crippen molar-refractivity contribution in [2.45, 2.75) is 13.5 Å². The van der Waals surface area contributed by atoms with Crippen LogP contribution in [0.1, 0.15) is 22.8 Å².